The maximum absolute atomic E-state index is 11.5. The Balaban J connectivity index is 2.44. The van der Waals surface area contributed by atoms with Crippen LogP contribution in [0.4, 0.5) is 5.82 Å². The second-order valence-corrected chi connectivity index (χ2v) is 6.47. The smallest absolute Gasteiger partial charge is 0.153 e. The number of aromatic nitrogens is 1. The van der Waals surface area contributed by atoms with Gasteiger partial charge in [-0.05, 0) is 37.1 Å². The number of aldehydes is 1. The first kappa shape index (κ1) is 16.9. The first-order valence-corrected chi connectivity index (χ1v) is 8.79. The van der Waals surface area contributed by atoms with Crippen LogP contribution < -0.4 is 4.90 Å². The van der Waals surface area contributed by atoms with Gasteiger partial charge < -0.3 is 4.90 Å². The molecule has 2 aromatic rings. The second kappa shape index (κ2) is 8.28. The number of fused-ring (bicyclic) bond motifs is 1. The average molecular weight is 363 g/mol. The average Bonchev–Trinajstić information content (AvgIpc) is 2.54. The Morgan fingerprint density at radius 1 is 1.14 bits per heavy atom. The zero-order chi connectivity index (χ0) is 15.9. The highest BCUT2D eigenvalue weighted by atomic mass is 79.9. The fourth-order valence-corrected chi connectivity index (χ4v) is 2.89. The quantitative estimate of drug-likeness (QED) is 0.603. The molecular weight excluding hydrogens is 340 g/mol. The Morgan fingerprint density at radius 3 is 2.41 bits per heavy atom. The van der Waals surface area contributed by atoms with E-state index < -0.39 is 0 Å². The summed E-state index contributed by atoms with van der Waals surface area (Å²) in [5.74, 6) is 0.826. The Hall–Kier alpha value is -1.42. The van der Waals surface area contributed by atoms with Gasteiger partial charge in [0.05, 0.1) is 11.1 Å². The summed E-state index contributed by atoms with van der Waals surface area (Å²) in [6.45, 7) is 6.27. The van der Waals surface area contributed by atoms with E-state index in [1.54, 1.807) is 0 Å². The van der Waals surface area contributed by atoms with E-state index in [1.807, 2.05) is 24.3 Å². The molecule has 0 saturated carbocycles. The first-order chi connectivity index (χ1) is 10.7. The number of halogens is 1. The van der Waals surface area contributed by atoms with Gasteiger partial charge in [-0.3, -0.25) is 4.79 Å². The highest BCUT2D eigenvalue weighted by Crippen LogP contribution is 2.25. The molecule has 0 bridgehead atoms. The third-order valence-corrected chi connectivity index (χ3v) is 4.27. The minimum absolute atomic E-state index is 0.679. The molecule has 2 rings (SSSR count). The Bertz CT molecular complexity index is 634. The highest BCUT2D eigenvalue weighted by molar-refractivity contribution is 9.10. The van der Waals surface area contributed by atoms with Crippen LogP contribution in [0.3, 0.4) is 0 Å². The normalized spacial score (nSPS) is 10.9. The van der Waals surface area contributed by atoms with Crippen molar-refractivity contribution in [2.75, 3.05) is 18.0 Å². The molecule has 0 N–H and O–H groups in total. The van der Waals surface area contributed by atoms with Crippen LogP contribution in [0.25, 0.3) is 10.9 Å². The van der Waals surface area contributed by atoms with Crippen LogP contribution in [0.1, 0.15) is 49.9 Å². The number of rotatable bonds is 8. The molecule has 1 heterocycles. The van der Waals surface area contributed by atoms with Crippen LogP contribution >= 0.6 is 15.9 Å². The number of anilines is 1. The molecule has 0 amide bonds. The van der Waals surface area contributed by atoms with Gasteiger partial charge in [0.25, 0.3) is 0 Å². The van der Waals surface area contributed by atoms with Crippen molar-refractivity contribution >= 4 is 38.9 Å². The number of nitrogens with zero attached hydrogens (tertiary/aromatic N) is 2. The zero-order valence-electron chi connectivity index (χ0n) is 13.3. The number of unbranched alkanes of at least 4 members (excludes halogenated alkanes) is 2. The minimum Gasteiger partial charge on any atom is -0.356 e. The number of benzene rings is 1. The van der Waals surface area contributed by atoms with Crippen LogP contribution in [0, 0.1) is 0 Å². The van der Waals surface area contributed by atoms with Gasteiger partial charge in [-0.2, -0.15) is 0 Å². The fourth-order valence-electron chi connectivity index (χ4n) is 2.52. The lowest BCUT2D eigenvalue weighted by molar-refractivity contribution is 0.112. The molecule has 0 aliphatic rings. The minimum atomic E-state index is 0.679. The van der Waals surface area contributed by atoms with E-state index in [1.165, 1.54) is 0 Å². The van der Waals surface area contributed by atoms with Crippen molar-refractivity contribution in [3.05, 3.63) is 34.3 Å². The largest absolute Gasteiger partial charge is 0.356 e. The monoisotopic (exact) mass is 362 g/mol. The van der Waals surface area contributed by atoms with Crippen molar-refractivity contribution in [1.82, 2.24) is 4.98 Å². The number of hydrogen-bond donors (Lipinski definition) is 0. The maximum atomic E-state index is 11.5. The fraction of sp³-hybridized carbons (Fsp3) is 0.444. The predicted molar refractivity (Wildman–Crippen MR) is 96.9 cm³/mol. The van der Waals surface area contributed by atoms with E-state index in [0.717, 1.165) is 66.3 Å². The van der Waals surface area contributed by atoms with Gasteiger partial charge in [0.2, 0.25) is 0 Å². The van der Waals surface area contributed by atoms with Gasteiger partial charge in [0, 0.05) is 22.9 Å². The molecule has 0 atom stereocenters. The van der Waals surface area contributed by atoms with Crippen molar-refractivity contribution in [2.24, 2.45) is 0 Å². The van der Waals surface area contributed by atoms with E-state index >= 15 is 0 Å². The zero-order valence-corrected chi connectivity index (χ0v) is 14.9. The van der Waals surface area contributed by atoms with E-state index in [0.29, 0.717) is 5.56 Å². The third kappa shape index (κ3) is 4.07. The predicted octanol–water partition coefficient (Wildman–Crippen LogP) is 5.22. The summed E-state index contributed by atoms with van der Waals surface area (Å²) < 4.78 is 1.00. The van der Waals surface area contributed by atoms with E-state index in [4.69, 9.17) is 4.98 Å². The lowest BCUT2D eigenvalue weighted by atomic mass is 10.1. The van der Waals surface area contributed by atoms with Gasteiger partial charge in [-0.15, -0.1) is 0 Å². The van der Waals surface area contributed by atoms with Crippen molar-refractivity contribution in [3.8, 4) is 0 Å². The van der Waals surface area contributed by atoms with Crippen LogP contribution in [0.15, 0.2) is 28.7 Å². The molecule has 0 fully saturated rings. The second-order valence-electron chi connectivity index (χ2n) is 5.55. The van der Waals surface area contributed by atoms with Crippen molar-refractivity contribution in [1.29, 1.82) is 0 Å². The van der Waals surface area contributed by atoms with Crippen LogP contribution in [0.2, 0.25) is 0 Å². The van der Waals surface area contributed by atoms with Crippen molar-refractivity contribution < 1.29 is 4.79 Å². The number of pyridine rings is 1. The number of carbonyl (C=O) groups excluding carboxylic acids is 1. The molecule has 118 valence electrons. The molecule has 0 spiro atoms. The number of carbonyl (C=O) groups is 1. The number of hydrogen-bond acceptors (Lipinski definition) is 3. The van der Waals surface area contributed by atoms with Crippen LogP contribution in [-0.2, 0) is 0 Å². The summed E-state index contributed by atoms with van der Waals surface area (Å²) in [6, 6.07) is 7.93. The Morgan fingerprint density at radius 2 is 1.82 bits per heavy atom. The summed E-state index contributed by atoms with van der Waals surface area (Å²) in [6.07, 6.45) is 5.43. The molecule has 0 unspecified atom stereocenters. The molecule has 1 aromatic heterocycles. The third-order valence-electron chi connectivity index (χ3n) is 3.77. The summed E-state index contributed by atoms with van der Waals surface area (Å²) in [5, 5.41) is 0.992. The van der Waals surface area contributed by atoms with Crippen molar-refractivity contribution in [2.45, 2.75) is 39.5 Å². The molecule has 0 saturated heterocycles. The molecule has 3 nitrogen and oxygen atoms in total. The molecular formula is C18H23BrN2O. The summed E-state index contributed by atoms with van der Waals surface area (Å²) in [7, 11) is 0. The summed E-state index contributed by atoms with van der Waals surface area (Å²) in [4.78, 5) is 18.6. The van der Waals surface area contributed by atoms with Gasteiger partial charge in [0.1, 0.15) is 5.82 Å². The lowest BCUT2D eigenvalue weighted by Crippen LogP contribution is -2.27. The maximum Gasteiger partial charge on any atom is 0.153 e. The van der Waals surface area contributed by atoms with Crippen LogP contribution in [0.5, 0.6) is 0 Å². The summed E-state index contributed by atoms with van der Waals surface area (Å²) >= 11 is 3.47. The molecule has 1 aromatic carbocycles. The molecule has 22 heavy (non-hydrogen) atoms. The van der Waals surface area contributed by atoms with Gasteiger partial charge >= 0.3 is 0 Å². The van der Waals surface area contributed by atoms with Gasteiger partial charge in [-0.25, -0.2) is 4.98 Å². The summed E-state index contributed by atoms with van der Waals surface area (Å²) in [5.41, 5.74) is 1.61. The molecule has 0 radical (unpaired) electrons. The van der Waals surface area contributed by atoms with Gasteiger partial charge in [-0.1, -0.05) is 42.6 Å². The van der Waals surface area contributed by atoms with Crippen LogP contribution in [-0.4, -0.2) is 24.4 Å². The van der Waals surface area contributed by atoms with E-state index in [2.05, 4.69) is 34.7 Å². The standard InChI is InChI=1S/C18H23BrN2O/c1-3-5-9-21(10-6-4-2)18-15(13-22)11-14-12-16(19)7-8-17(14)20-18/h7-8,11-13H,3-6,9-10H2,1-2H3. The highest BCUT2D eigenvalue weighted by Gasteiger charge is 2.14. The Labute approximate surface area is 140 Å². The van der Waals surface area contributed by atoms with Gasteiger partial charge in [0.15, 0.2) is 6.29 Å². The first-order valence-electron chi connectivity index (χ1n) is 8.00. The Kier molecular flexibility index (Phi) is 6.37. The topological polar surface area (TPSA) is 33.2 Å². The van der Waals surface area contributed by atoms with E-state index in [9.17, 15) is 4.79 Å². The van der Waals surface area contributed by atoms with E-state index in [-0.39, 0.29) is 0 Å². The van der Waals surface area contributed by atoms with Crippen molar-refractivity contribution in [3.63, 3.8) is 0 Å². The molecule has 4 heteroatoms. The molecule has 0 aliphatic carbocycles. The lowest BCUT2D eigenvalue weighted by Gasteiger charge is -2.25. The SMILES string of the molecule is CCCCN(CCCC)c1nc2ccc(Br)cc2cc1C=O. The molecule has 0 aliphatic heterocycles.